The van der Waals surface area contributed by atoms with Crippen LogP contribution in [-0.4, -0.2) is 25.4 Å². The van der Waals surface area contributed by atoms with Crippen molar-refractivity contribution in [3.8, 4) is 0 Å². The predicted molar refractivity (Wildman–Crippen MR) is 92.2 cm³/mol. The standard InChI is InChI=1S/C15H16N4O2S2/c1-10-7-13-14(18-9-19-15(13)22-10)17-8-11-3-5-12(6-4-11)23(20,21)16-2/h3-7,9,16H,8H2,1-2H3,(H,17,18,19). The molecule has 2 N–H and O–H groups in total. The Kier molecular flexibility index (Phi) is 4.29. The van der Waals surface area contributed by atoms with Crippen molar-refractivity contribution in [1.29, 1.82) is 0 Å². The van der Waals surface area contributed by atoms with Crippen LogP contribution in [0.15, 0.2) is 41.6 Å². The average molecular weight is 348 g/mol. The molecule has 0 saturated carbocycles. The number of nitrogens with zero attached hydrogens (tertiary/aromatic N) is 2. The number of thiophene rings is 1. The molecule has 2 heterocycles. The number of nitrogens with one attached hydrogen (secondary N) is 2. The summed E-state index contributed by atoms with van der Waals surface area (Å²) < 4.78 is 25.7. The summed E-state index contributed by atoms with van der Waals surface area (Å²) in [6.45, 7) is 2.60. The number of aromatic nitrogens is 2. The first-order chi connectivity index (χ1) is 11.0. The normalized spacial score (nSPS) is 11.7. The van der Waals surface area contributed by atoms with Crippen molar-refractivity contribution in [3.05, 3.63) is 47.1 Å². The molecular formula is C15H16N4O2S2. The van der Waals surface area contributed by atoms with Gasteiger partial charge in [-0.05, 0) is 37.7 Å². The van der Waals surface area contributed by atoms with Gasteiger partial charge in [0.1, 0.15) is 17.0 Å². The van der Waals surface area contributed by atoms with Crippen molar-refractivity contribution in [1.82, 2.24) is 14.7 Å². The van der Waals surface area contributed by atoms with Gasteiger partial charge in [-0.25, -0.2) is 23.1 Å². The monoisotopic (exact) mass is 348 g/mol. The van der Waals surface area contributed by atoms with Crippen molar-refractivity contribution < 1.29 is 8.42 Å². The smallest absolute Gasteiger partial charge is 0.240 e. The number of sulfonamides is 1. The number of benzene rings is 1. The highest BCUT2D eigenvalue weighted by atomic mass is 32.2. The van der Waals surface area contributed by atoms with Crippen molar-refractivity contribution in [2.75, 3.05) is 12.4 Å². The van der Waals surface area contributed by atoms with Crippen molar-refractivity contribution in [2.45, 2.75) is 18.4 Å². The maximum absolute atomic E-state index is 11.7. The molecule has 0 aliphatic heterocycles. The zero-order chi connectivity index (χ0) is 16.4. The molecule has 23 heavy (non-hydrogen) atoms. The minimum Gasteiger partial charge on any atom is -0.365 e. The lowest BCUT2D eigenvalue weighted by Gasteiger charge is -2.08. The molecule has 2 aromatic heterocycles. The SMILES string of the molecule is CNS(=O)(=O)c1ccc(CNc2ncnc3sc(C)cc23)cc1. The van der Waals surface area contributed by atoms with E-state index < -0.39 is 10.0 Å². The van der Waals surface area contributed by atoms with E-state index in [0.717, 1.165) is 21.6 Å². The Morgan fingerprint density at radius 3 is 2.61 bits per heavy atom. The summed E-state index contributed by atoms with van der Waals surface area (Å²) in [7, 11) is -2.00. The first-order valence-corrected chi connectivity index (χ1v) is 9.27. The summed E-state index contributed by atoms with van der Waals surface area (Å²) >= 11 is 1.63. The molecule has 3 rings (SSSR count). The van der Waals surface area contributed by atoms with Gasteiger partial charge >= 0.3 is 0 Å². The summed E-state index contributed by atoms with van der Waals surface area (Å²) in [6.07, 6.45) is 1.54. The summed E-state index contributed by atoms with van der Waals surface area (Å²) in [5, 5.41) is 4.28. The van der Waals surface area contributed by atoms with Gasteiger partial charge in [-0.1, -0.05) is 12.1 Å². The molecule has 3 aromatic rings. The van der Waals surface area contributed by atoms with Gasteiger partial charge in [-0.3, -0.25) is 0 Å². The summed E-state index contributed by atoms with van der Waals surface area (Å²) in [5.74, 6) is 0.784. The van der Waals surface area contributed by atoms with E-state index in [9.17, 15) is 8.42 Å². The second-order valence-electron chi connectivity index (χ2n) is 5.00. The molecule has 0 radical (unpaired) electrons. The largest absolute Gasteiger partial charge is 0.365 e. The topological polar surface area (TPSA) is 84.0 Å². The van der Waals surface area contributed by atoms with Crippen molar-refractivity contribution in [2.24, 2.45) is 0 Å². The first kappa shape index (κ1) is 15.9. The Morgan fingerprint density at radius 2 is 1.91 bits per heavy atom. The van der Waals surface area contributed by atoms with Crippen LogP contribution in [0.5, 0.6) is 0 Å². The van der Waals surface area contributed by atoms with E-state index in [4.69, 9.17) is 0 Å². The third-order valence-electron chi connectivity index (χ3n) is 3.41. The Labute approximate surface area is 138 Å². The third kappa shape index (κ3) is 3.34. The van der Waals surface area contributed by atoms with Gasteiger partial charge in [-0.2, -0.15) is 0 Å². The quantitative estimate of drug-likeness (QED) is 0.740. The van der Waals surface area contributed by atoms with E-state index in [-0.39, 0.29) is 4.90 Å². The van der Waals surface area contributed by atoms with Crippen LogP contribution < -0.4 is 10.0 Å². The van der Waals surface area contributed by atoms with E-state index in [1.807, 2.05) is 6.92 Å². The highest BCUT2D eigenvalue weighted by molar-refractivity contribution is 7.89. The maximum Gasteiger partial charge on any atom is 0.240 e. The molecule has 120 valence electrons. The van der Waals surface area contributed by atoms with Gasteiger partial charge in [0.05, 0.1) is 10.3 Å². The van der Waals surface area contributed by atoms with Gasteiger partial charge in [0.2, 0.25) is 10.0 Å². The van der Waals surface area contributed by atoms with Crippen LogP contribution in [0.3, 0.4) is 0 Å². The van der Waals surface area contributed by atoms with Crippen LogP contribution in [0.4, 0.5) is 5.82 Å². The molecule has 0 saturated heterocycles. The summed E-state index contributed by atoms with van der Waals surface area (Å²) in [6, 6.07) is 8.81. The Bertz CT molecular complexity index is 934. The van der Waals surface area contributed by atoms with Crippen LogP contribution in [0, 0.1) is 6.92 Å². The highest BCUT2D eigenvalue weighted by Crippen LogP contribution is 2.27. The molecular weight excluding hydrogens is 332 g/mol. The van der Waals surface area contributed by atoms with E-state index in [2.05, 4.69) is 26.1 Å². The number of aryl methyl sites for hydroxylation is 1. The number of anilines is 1. The highest BCUT2D eigenvalue weighted by Gasteiger charge is 2.11. The molecule has 6 nitrogen and oxygen atoms in total. The molecule has 0 fully saturated rings. The first-order valence-electron chi connectivity index (χ1n) is 6.97. The van der Waals surface area contributed by atoms with Crippen LogP contribution in [-0.2, 0) is 16.6 Å². The second kappa shape index (κ2) is 6.23. The zero-order valence-electron chi connectivity index (χ0n) is 12.7. The molecule has 0 aliphatic rings. The molecule has 8 heteroatoms. The van der Waals surface area contributed by atoms with Gasteiger partial charge < -0.3 is 5.32 Å². The predicted octanol–water partition coefficient (Wildman–Crippen LogP) is 2.52. The van der Waals surface area contributed by atoms with Crippen molar-refractivity contribution in [3.63, 3.8) is 0 Å². The second-order valence-corrected chi connectivity index (χ2v) is 8.12. The lowest BCUT2D eigenvalue weighted by Crippen LogP contribution is -2.18. The molecule has 0 unspecified atom stereocenters. The fourth-order valence-corrected chi connectivity index (χ4v) is 3.78. The molecule has 0 amide bonds. The van der Waals surface area contributed by atoms with Gasteiger partial charge in [0.15, 0.2) is 0 Å². The molecule has 0 spiro atoms. The molecule has 1 aromatic carbocycles. The van der Waals surface area contributed by atoms with Crippen LogP contribution in [0.2, 0.25) is 0 Å². The third-order valence-corrected chi connectivity index (χ3v) is 5.80. The van der Waals surface area contributed by atoms with E-state index in [1.54, 1.807) is 41.9 Å². The number of rotatable bonds is 5. The van der Waals surface area contributed by atoms with Gasteiger partial charge in [0, 0.05) is 11.4 Å². The lowest BCUT2D eigenvalue weighted by molar-refractivity contribution is 0.588. The van der Waals surface area contributed by atoms with Crippen LogP contribution in [0.1, 0.15) is 10.4 Å². The van der Waals surface area contributed by atoms with E-state index >= 15 is 0 Å². The Hall–Kier alpha value is -2.03. The maximum atomic E-state index is 11.7. The fourth-order valence-electron chi connectivity index (χ4n) is 2.21. The average Bonchev–Trinajstić information content (AvgIpc) is 2.94. The summed E-state index contributed by atoms with van der Waals surface area (Å²) in [5.41, 5.74) is 0.971. The van der Waals surface area contributed by atoms with E-state index in [1.165, 1.54) is 11.9 Å². The number of hydrogen-bond acceptors (Lipinski definition) is 6. The molecule has 0 bridgehead atoms. The lowest BCUT2D eigenvalue weighted by atomic mass is 10.2. The fraction of sp³-hybridized carbons (Fsp3) is 0.200. The minimum absolute atomic E-state index is 0.252. The Morgan fingerprint density at radius 1 is 1.17 bits per heavy atom. The number of fused-ring (bicyclic) bond motifs is 1. The van der Waals surface area contributed by atoms with Crippen molar-refractivity contribution >= 4 is 37.4 Å². The minimum atomic E-state index is -3.40. The van der Waals surface area contributed by atoms with Crippen LogP contribution in [0.25, 0.3) is 10.2 Å². The van der Waals surface area contributed by atoms with Crippen LogP contribution >= 0.6 is 11.3 Å². The van der Waals surface area contributed by atoms with E-state index in [0.29, 0.717) is 6.54 Å². The van der Waals surface area contributed by atoms with Gasteiger partial charge in [-0.15, -0.1) is 11.3 Å². The molecule has 0 aliphatic carbocycles. The number of hydrogen-bond donors (Lipinski definition) is 2. The molecule has 0 atom stereocenters. The van der Waals surface area contributed by atoms with Gasteiger partial charge in [0.25, 0.3) is 0 Å². The summed E-state index contributed by atoms with van der Waals surface area (Å²) in [4.78, 5) is 10.9. The zero-order valence-corrected chi connectivity index (χ0v) is 14.3. The Balaban J connectivity index is 1.77.